The Morgan fingerprint density at radius 1 is 1.35 bits per heavy atom. The van der Waals surface area contributed by atoms with Crippen molar-refractivity contribution in [1.82, 2.24) is 0 Å². The van der Waals surface area contributed by atoms with E-state index in [1.807, 2.05) is 37.4 Å². The van der Waals surface area contributed by atoms with Crippen molar-refractivity contribution in [2.75, 3.05) is 6.26 Å². The van der Waals surface area contributed by atoms with E-state index in [0.29, 0.717) is 5.57 Å². The Balaban J connectivity index is 3.28. The Hall–Kier alpha value is -1.54. The van der Waals surface area contributed by atoms with E-state index in [9.17, 15) is 4.79 Å². The van der Waals surface area contributed by atoms with Crippen LogP contribution in [-0.4, -0.2) is 12.0 Å². The third-order valence-electron chi connectivity index (χ3n) is 2.27. The maximum atomic E-state index is 12.0. The minimum absolute atomic E-state index is 0.00824. The Morgan fingerprint density at radius 2 is 2.06 bits per heavy atom. The molecule has 1 aromatic rings. The first-order chi connectivity index (χ1) is 8.24. The fourth-order valence-corrected chi connectivity index (χ4v) is 2.14. The molecule has 17 heavy (non-hydrogen) atoms. The van der Waals surface area contributed by atoms with Gasteiger partial charge in [-0.25, -0.2) is 0 Å². The lowest BCUT2D eigenvalue weighted by molar-refractivity contribution is -0.109. The molecule has 0 fully saturated rings. The summed E-state index contributed by atoms with van der Waals surface area (Å²) < 4.78 is 0. The minimum atomic E-state index is 0.00824. The number of hydrogen-bond acceptors (Lipinski definition) is 2. The third-order valence-corrected chi connectivity index (χ3v) is 3.06. The second kappa shape index (κ2) is 6.92. The van der Waals surface area contributed by atoms with Crippen LogP contribution >= 0.6 is 11.8 Å². The highest BCUT2D eigenvalue weighted by atomic mass is 32.2. The van der Waals surface area contributed by atoms with Crippen LogP contribution in [0.25, 0.3) is 5.57 Å². The van der Waals surface area contributed by atoms with Crippen molar-refractivity contribution in [3.63, 3.8) is 0 Å². The summed E-state index contributed by atoms with van der Waals surface area (Å²) in [5, 5.41) is 0. The van der Waals surface area contributed by atoms with Gasteiger partial charge in [0, 0.05) is 10.5 Å². The topological polar surface area (TPSA) is 17.1 Å². The molecule has 0 spiro atoms. The summed E-state index contributed by atoms with van der Waals surface area (Å²) in [7, 11) is 0. The molecule has 0 aliphatic heterocycles. The number of thioether (sulfide) groups is 1. The molecule has 0 aliphatic rings. The maximum absolute atomic E-state index is 12.0. The minimum Gasteiger partial charge on any atom is -0.289 e. The van der Waals surface area contributed by atoms with Crippen molar-refractivity contribution < 1.29 is 4.79 Å². The quantitative estimate of drug-likeness (QED) is 0.440. The largest absolute Gasteiger partial charge is 0.289 e. The number of carbonyl (C=O) groups excluding carboxylic acids is 1. The molecule has 0 aliphatic carbocycles. The molecule has 0 aromatic heterocycles. The van der Waals surface area contributed by atoms with E-state index < -0.39 is 0 Å². The predicted molar refractivity (Wildman–Crippen MR) is 76.2 cm³/mol. The molecule has 0 unspecified atom stereocenters. The molecule has 0 heterocycles. The second-order valence-corrected chi connectivity index (χ2v) is 4.23. The van der Waals surface area contributed by atoms with Gasteiger partial charge in [-0.1, -0.05) is 43.0 Å². The molecule has 1 rings (SSSR count). The summed E-state index contributed by atoms with van der Waals surface area (Å²) in [5.41, 5.74) is 1.64. The molecule has 0 radical (unpaired) electrons. The number of rotatable bonds is 5. The first-order valence-electron chi connectivity index (χ1n) is 5.37. The van der Waals surface area contributed by atoms with Crippen molar-refractivity contribution in [2.45, 2.75) is 11.8 Å². The second-order valence-electron chi connectivity index (χ2n) is 3.38. The van der Waals surface area contributed by atoms with Gasteiger partial charge in [-0.15, -0.1) is 11.8 Å². The number of ketones is 1. The average Bonchev–Trinajstić information content (AvgIpc) is 2.36. The van der Waals surface area contributed by atoms with E-state index in [4.69, 9.17) is 0 Å². The van der Waals surface area contributed by atoms with Gasteiger partial charge >= 0.3 is 0 Å². The highest BCUT2D eigenvalue weighted by molar-refractivity contribution is 7.98. The smallest absolute Gasteiger partial charge is 0.186 e. The molecule has 1 aromatic carbocycles. The van der Waals surface area contributed by atoms with Crippen molar-refractivity contribution in [2.24, 2.45) is 0 Å². The monoisotopic (exact) mass is 244 g/mol. The van der Waals surface area contributed by atoms with Gasteiger partial charge in [0.15, 0.2) is 5.78 Å². The number of benzene rings is 1. The molecular weight excluding hydrogens is 228 g/mol. The van der Waals surface area contributed by atoms with Gasteiger partial charge in [-0.2, -0.15) is 0 Å². The zero-order valence-corrected chi connectivity index (χ0v) is 11.0. The first-order valence-corrected chi connectivity index (χ1v) is 6.60. The van der Waals surface area contributed by atoms with Gasteiger partial charge in [0.05, 0.1) is 0 Å². The number of allylic oxidation sites excluding steroid dienone is 5. The summed E-state index contributed by atoms with van der Waals surface area (Å²) in [4.78, 5) is 13.1. The van der Waals surface area contributed by atoms with E-state index in [1.165, 1.54) is 0 Å². The maximum Gasteiger partial charge on any atom is 0.186 e. The molecule has 0 atom stereocenters. The zero-order chi connectivity index (χ0) is 12.7. The summed E-state index contributed by atoms with van der Waals surface area (Å²) in [6.45, 7) is 5.50. The van der Waals surface area contributed by atoms with E-state index in [1.54, 1.807) is 36.1 Å². The highest BCUT2D eigenvalue weighted by Gasteiger charge is 2.11. The Kier molecular flexibility index (Phi) is 5.50. The summed E-state index contributed by atoms with van der Waals surface area (Å²) >= 11 is 1.63. The fourth-order valence-electron chi connectivity index (χ4n) is 1.53. The highest BCUT2D eigenvalue weighted by Crippen LogP contribution is 2.27. The predicted octanol–water partition coefficient (Wildman–Crippen LogP) is 4.12. The molecule has 0 saturated carbocycles. The normalized spacial score (nSPS) is 11.8. The number of carbonyl (C=O) groups is 1. The van der Waals surface area contributed by atoms with Crippen LogP contribution in [0.1, 0.15) is 12.5 Å². The van der Waals surface area contributed by atoms with E-state index >= 15 is 0 Å². The molecular formula is C15H16OS. The molecule has 88 valence electrons. The molecule has 0 amide bonds. The number of hydrogen-bond donors (Lipinski definition) is 0. The van der Waals surface area contributed by atoms with E-state index in [0.717, 1.165) is 10.5 Å². The van der Waals surface area contributed by atoms with Gasteiger partial charge in [-0.05, 0) is 30.9 Å². The Morgan fingerprint density at radius 3 is 2.65 bits per heavy atom. The van der Waals surface area contributed by atoms with Gasteiger partial charge in [0.2, 0.25) is 0 Å². The molecule has 1 nitrogen and oxygen atoms in total. The first kappa shape index (κ1) is 13.5. The van der Waals surface area contributed by atoms with Crippen LogP contribution in [0.4, 0.5) is 0 Å². The van der Waals surface area contributed by atoms with Gasteiger partial charge < -0.3 is 0 Å². The lowest BCUT2D eigenvalue weighted by Crippen LogP contribution is -1.99. The Labute approximate surface area is 107 Å². The van der Waals surface area contributed by atoms with Crippen LogP contribution in [0, 0.1) is 0 Å². The van der Waals surface area contributed by atoms with Crippen LogP contribution < -0.4 is 0 Å². The van der Waals surface area contributed by atoms with E-state index in [2.05, 4.69) is 6.58 Å². The molecule has 0 N–H and O–H groups in total. The molecule has 0 saturated heterocycles. The van der Waals surface area contributed by atoms with Crippen molar-refractivity contribution in [1.29, 1.82) is 0 Å². The van der Waals surface area contributed by atoms with Crippen LogP contribution in [-0.2, 0) is 4.79 Å². The summed E-state index contributed by atoms with van der Waals surface area (Å²) in [6.07, 6.45) is 8.74. The van der Waals surface area contributed by atoms with Gasteiger partial charge in [-0.3, -0.25) is 4.79 Å². The Bertz CT molecular complexity index is 470. The fraction of sp³-hybridized carbons (Fsp3) is 0.133. The zero-order valence-electron chi connectivity index (χ0n) is 10.1. The van der Waals surface area contributed by atoms with Crippen molar-refractivity contribution in [3.8, 4) is 0 Å². The van der Waals surface area contributed by atoms with Crippen LogP contribution in [0.5, 0.6) is 0 Å². The van der Waals surface area contributed by atoms with Crippen LogP contribution in [0.3, 0.4) is 0 Å². The van der Waals surface area contributed by atoms with E-state index in [-0.39, 0.29) is 5.78 Å². The third kappa shape index (κ3) is 3.46. The molecule has 0 bridgehead atoms. The molecule has 2 heteroatoms. The SMILES string of the molecule is C=C/C=C(\C(=O)/C=C\C)c1ccccc1SC. The standard InChI is InChI=1S/C15H16OS/c1-4-8-12(14(16)9-5-2)13-10-6-7-11-15(13)17-3/h4-11H,1H2,2-3H3/b9-5-,12-8-. The van der Waals surface area contributed by atoms with Crippen LogP contribution in [0.15, 0.2) is 60.0 Å². The summed E-state index contributed by atoms with van der Waals surface area (Å²) in [5.74, 6) is 0.00824. The average molecular weight is 244 g/mol. The lowest BCUT2D eigenvalue weighted by atomic mass is 10.0. The van der Waals surface area contributed by atoms with Crippen molar-refractivity contribution >= 4 is 23.1 Å². The summed E-state index contributed by atoms with van der Waals surface area (Å²) in [6, 6.07) is 7.89. The lowest BCUT2D eigenvalue weighted by Gasteiger charge is -2.08. The van der Waals surface area contributed by atoms with Crippen molar-refractivity contribution in [3.05, 3.63) is 60.7 Å². The van der Waals surface area contributed by atoms with Gasteiger partial charge in [0.1, 0.15) is 0 Å². The van der Waals surface area contributed by atoms with Gasteiger partial charge in [0.25, 0.3) is 0 Å². The van der Waals surface area contributed by atoms with Crippen LogP contribution in [0.2, 0.25) is 0 Å².